The molecule has 2 N–H and O–H groups in total. The van der Waals surface area contributed by atoms with Gasteiger partial charge in [-0.2, -0.15) is 0 Å². The SMILES string of the molecule is CNC(=O)c1cnc(NC(=O)C2CC2)c2c1C=C(c1cccn([C@H]3CCCOC3)c1=O)C2. The summed E-state index contributed by atoms with van der Waals surface area (Å²) in [4.78, 5) is 42.5. The Hall–Kier alpha value is -3.26. The van der Waals surface area contributed by atoms with E-state index >= 15 is 0 Å². The van der Waals surface area contributed by atoms with Gasteiger partial charge in [-0.3, -0.25) is 14.4 Å². The average molecular weight is 434 g/mol. The summed E-state index contributed by atoms with van der Waals surface area (Å²) < 4.78 is 7.33. The second kappa shape index (κ2) is 8.35. The number of aromatic nitrogens is 2. The van der Waals surface area contributed by atoms with Crippen molar-refractivity contribution >= 4 is 29.3 Å². The average Bonchev–Trinajstić information content (AvgIpc) is 3.58. The third-order valence-corrected chi connectivity index (χ3v) is 6.42. The van der Waals surface area contributed by atoms with E-state index in [1.807, 2.05) is 24.4 Å². The lowest BCUT2D eigenvalue weighted by molar-refractivity contribution is -0.117. The number of carbonyl (C=O) groups excluding carboxylic acids is 2. The van der Waals surface area contributed by atoms with Crippen molar-refractivity contribution in [2.24, 2.45) is 5.92 Å². The van der Waals surface area contributed by atoms with Crippen LogP contribution in [0.1, 0.15) is 58.8 Å². The Morgan fingerprint density at radius 1 is 1.25 bits per heavy atom. The monoisotopic (exact) mass is 434 g/mol. The van der Waals surface area contributed by atoms with Crippen LogP contribution in [0.4, 0.5) is 5.82 Å². The van der Waals surface area contributed by atoms with Crippen LogP contribution in [0.3, 0.4) is 0 Å². The fraction of sp³-hybridized carbons (Fsp3) is 0.417. The van der Waals surface area contributed by atoms with E-state index in [-0.39, 0.29) is 29.3 Å². The molecule has 1 atom stereocenters. The minimum Gasteiger partial charge on any atom is -0.379 e. The van der Waals surface area contributed by atoms with E-state index in [1.165, 1.54) is 6.20 Å². The van der Waals surface area contributed by atoms with Crippen LogP contribution in [0, 0.1) is 5.92 Å². The van der Waals surface area contributed by atoms with E-state index in [1.54, 1.807) is 11.6 Å². The number of ether oxygens (including phenoxy) is 1. The van der Waals surface area contributed by atoms with Gasteiger partial charge in [0, 0.05) is 49.5 Å². The number of carbonyl (C=O) groups is 2. The van der Waals surface area contributed by atoms with Gasteiger partial charge in [0.2, 0.25) is 5.91 Å². The highest BCUT2D eigenvalue weighted by Crippen LogP contribution is 2.37. The molecule has 2 aromatic heterocycles. The van der Waals surface area contributed by atoms with Gasteiger partial charge in [0.05, 0.1) is 18.2 Å². The van der Waals surface area contributed by atoms with Gasteiger partial charge in [0.1, 0.15) is 5.82 Å². The van der Waals surface area contributed by atoms with E-state index in [9.17, 15) is 14.4 Å². The van der Waals surface area contributed by atoms with Gasteiger partial charge in [0.25, 0.3) is 11.5 Å². The zero-order valence-corrected chi connectivity index (χ0v) is 18.0. The Bertz CT molecular complexity index is 1170. The number of nitrogens with one attached hydrogen (secondary N) is 2. The molecule has 1 saturated heterocycles. The topological polar surface area (TPSA) is 102 Å². The van der Waals surface area contributed by atoms with Gasteiger partial charge in [-0.15, -0.1) is 0 Å². The van der Waals surface area contributed by atoms with Crippen LogP contribution in [0.2, 0.25) is 0 Å². The van der Waals surface area contributed by atoms with Crippen LogP contribution in [-0.4, -0.2) is 41.6 Å². The third kappa shape index (κ3) is 3.75. The molecule has 1 saturated carbocycles. The van der Waals surface area contributed by atoms with Crippen molar-refractivity contribution in [3.05, 3.63) is 57.1 Å². The Kier molecular flexibility index (Phi) is 5.38. The summed E-state index contributed by atoms with van der Waals surface area (Å²) in [5.41, 5.74) is 3.24. The molecule has 0 radical (unpaired) electrons. The lowest BCUT2D eigenvalue weighted by Gasteiger charge is -2.24. The molecule has 8 heteroatoms. The van der Waals surface area contributed by atoms with Crippen molar-refractivity contribution in [3.8, 4) is 0 Å². The number of allylic oxidation sites excluding steroid dienone is 1. The molecule has 2 amide bonds. The fourth-order valence-corrected chi connectivity index (χ4v) is 4.47. The summed E-state index contributed by atoms with van der Waals surface area (Å²) in [6.45, 7) is 1.26. The van der Waals surface area contributed by atoms with E-state index in [0.717, 1.165) is 43.4 Å². The molecule has 5 rings (SSSR count). The molecule has 3 aliphatic rings. The zero-order chi connectivity index (χ0) is 22.2. The summed E-state index contributed by atoms with van der Waals surface area (Å²) in [5.74, 6) is 0.211. The molecule has 166 valence electrons. The van der Waals surface area contributed by atoms with Crippen LogP contribution in [0.5, 0.6) is 0 Å². The first-order chi connectivity index (χ1) is 15.6. The Morgan fingerprint density at radius 3 is 2.81 bits per heavy atom. The molecule has 2 fully saturated rings. The van der Waals surface area contributed by atoms with Crippen molar-refractivity contribution in [2.45, 2.75) is 38.1 Å². The summed E-state index contributed by atoms with van der Waals surface area (Å²) >= 11 is 0. The summed E-state index contributed by atoms with van der Waals surface area (Å²) in [6, 6.07) is 3.72. The largest absolute Gasteiger partial charge is 0.379 e. The lowest BCUT2D eigenvalue weighted by Crippen LogP contribution is -2.31. The number of fused-ring (bicyclic) bond motifs is 1. The molecule has 0 aromatic carbocycles. The fourth-order valence-electron chi connectivity index (χ4n) is 4.47. The zero-order valence-electron chi connectivity index (χ0n) is 18.0. The highest BCUT2D eigenvalue weighted by atomic mass is 16.5. The molecule has 0 bridgehead atoms. The second-order valence-electron chi connectivity index (χ2n) is 8.61. The summed E-state index contributed by atoms with van der Waals surface area (Å²) in [6.07, 6.45) is 9.23. The minimum absolute atomic E-state index is 0.0251. The highest BCUT2D eigenvalue weighted by Gasteiger charge is 2.32. The lowest BCUT2D eigenvalue weighted by atomic mass is 10.0. The standard InChI is InChI=1S/C24H26N4O4/c1-25-23(30)20-12-26-21(27-22(29)14-6-7-14)19-11-15(10-18(19)20)17-5-2-8-28(24(17)31)16-4-3-9-32-13-16/h2,5,8,10,12,14,16H,3-4,6-7,9,11,13H2,1H3,(H,25,30)(H,26,27,29)/t16-/m0/s1. The molecule has 8 nitrogen and oxygen atoms in total. The van der Waals surface area contributed by atoms with E-state index in [2.05, 4.69) is 15.6 Å². The van der Waals surface area contributed by atoms with Gasteiger partial charge >= 0.3 is 0 Å². The molecule has 2 aromatic rings. The quantitative estimate of drug-likeness (QED) is 0.752. The molecule has 0 unspecified atom stereocenters. The highest BCUT2D eigenvalue weighted by molar-refractivity contribution is 6.04. The maximum Gasteiger partial charge on any atom is 0.258 e. The summed E-state index contributed by atoms with van der Waals surface area (Å²) in [7, 11) is 1.57. The van der Waals surface area contributed by atoms with E-state index in [4.69, 9.17) is 4.74 Å². The number of anilines is 1. The van der Waals surface area contributed by atoms with Crippen LogP contribution < -0.4 is 16.2 Å². The molecule has 2 aliphatic carbocycles. The minimum atomic E-state index is -0.254. The Balaban J connectivity index is 1.52. The van der Waals surface area contributed by atoms with E-state index in [0.29, 0.717) is 35.5 Å². The predicted molar refractivity (Wildman–Crippen MR) is 120 cm³/mol. The first-order valence-corrected chi connectivity index (χ1v) is 11.1. The normalized spacial score (nSPS) is 19.8. The van der Waals surface area contributed by atoms with E-state index < -0.39 is 0 Å². The molecule has 0 spiro atoms. The Morgan fingerprint density at radius 2 is 2.09 bits per heavy atom. The predicted octanol–water partition coefficient (Wildman–Crippen LogP) is 2.40. The number of rotatable bonds is 5. The van der Waals surface area contributed by atoms with Gasteiger partial charge in [-0.05, 0) is 55.0 Å². The smallest absolute Gasteiger partial charge is 0.258 e. The van der Waals surface area contributed by atoms with Crippen molar-refractivity contribution in [2.75, 3.05) is 25.6 Å². The number of hydrogen-bond donors (Lipinski definition) is 2. The molecule has 3 heterocycles. The first kappa shape index (κ1) is 20.6. The number of pyridine rings is 2. The van der Waals surface area contributed by atoms with Crippen molar-refractivity contribution in [1.29, 1.82) is 0 Å². The van der Waals surface area contributed by atoms with Crippen LogP contribution in [0.15, 0.2) is 29.3 Å². The van der Waals surface area contributed by atoms with Crippen LogP contribution in [0.25, 0.3) is 11.6 Å². The van der Waals surface area contributed by atoms with Crippen molar-refractivity contribution in [1.82, 2.24) is 14.9 Å². The molecular formula is C24H26N4O4. The first-order valence-electron chi connectivity index (χ1n) is 11.1. The number of hydrogen-bond acceptors (Lipinski definition) is 5. The molecular weight excluding hydrogens is 408 g/mol. The second-order valence-corrected chi connectivity index (χ2v) is 8.61. The maximum atomic E-state index is 13.3. The molecule has 32 heavy (non-hydrogen) atoms. The third-order valence-electron chi connectivity index (χ3n) is 6.42. The molecule has 1 aliphatic heterocycles. The summed E-state index contributed by atoms with van der Waals surface area (Å²) in [5, 5.41) is 5.57. The Labute approximate surface area is 185 Å². The van der Waals surface area contributed by atoms with Crippen LogP contribution in [-0.2, 0) is 16.0 Å². The maximum absolute atomic E-state index is 13.3. The van der Waals surface area contributed by atoms with Crippen molar-refractivity contribution < 1.29 is 14.3 Å². The van der Waals surface area contributed by atoms with Gasteiger partial charge in [-0.25, -0.2) is 4.98 Å². The van der Waals surface area contributed by atoms with Gasteiger partial charge in [-0.1, -0.05) is 0 Å². The number of nitrogens with zero attached hydrogens (tertiary/aromatic N) is 2. The number of amides is 2. The van der Waals surface area contributed by atoms with Crippen LogP contribution >= 0.6 is 0 Å². The van der Waals surface area contributed by atoms with Gasteiger partial charge < -0.3 is 19.9 Å². The van der Waals surface area contributed by atoms with Gasteiger partial charge in [0.15, 0.2) is 0 Å². The van der Waals surface area contributed by atoms with Crippen molar-refractivity contribution in [3.63, 3.8) is 0 Å².